The summed E-state index contributed by atoms with van der Waals surface area (Å²) in [5, 5.41) is 0. The fraction of sp³-hybridized carbons (Fsp3) is 0.522. The standard InChI is InChI=1S/C23H31F3N2O2/c1-6-7-8-12-19-21(17-10-9-11-18(13-17)30-23(24,25)26)20(22(27)29)16(5)28(19)15(4)14(2)3/h9-11,13-15H,6-8,12H2,1-5H3,(H2,27,29). The molecule has 0 aliphatic rings. The van der Waals surface area contributed by atoms with Crippen molar-refractivity contribution in [2.24, 2.45) is 11.7 Å². The summed E-state index contributed by atoms with van der Waals surface area (Å²) in [5.74, 6) is -0.608. The number of halogens is 3. The van der Waals surface area contributed by atoms with E-state index in [0.717, 1.165) is 30.7 Å². The number of amides is 1. The molecular weight excluding hydrogens is 393 g/mol. The maximum atomic E-state index is 12.7. The van der Waals surface area contributed by atoms with Gasteiger partial charge in [-0.15, -0.1) is 13.2 Å². The molecular formula is C23H31F3N2O2. The Morgan fingerprint density at radius 3 is 2.40 bits per heavy atom. The Morgan fingerprint density at radius 2 is 1.87 bits per heavy atom. The van der Waals surface area contributed by atoms with Crippen LogP contribution in [0.25, 0.3) is 11.1 Å². The van der Waals surface area contributed by atoms with Gasteiger partial charge >= 0.3 is 6.36 Å². The van der Waals surface area contributed by atoms with Crippen LogP contribution in [0.4, 0.5) is 13.2 Å². The van der Waals surface area contributed by atoms with E-state index in [0.29, 0.717) is 29.0 Å². The van der Waals surface area contributed by atoms with Crippen LogP contribution in [0.3, 0.4) is 0 Å². The number of aromatic nitrogens is 1. The van der Waals surface area contributed by atoms with E-state index in [-0.39, 0.29) is 11.8 Å². The SMILES string of the molecule is CCCCCc1c(-c2cccc(OC(F)(F)F)c2)c(C(N)=O)c(C)n1C(C)C(C)C. The number of carbonyl (C=O) groups is 1. The van der Waals surface area contributed by atoms with E-state index in [4.69, 9.17) is 5.73 Å². The summed E-state index contributed by atoms with van der Waals surface area (Å²) in [6.45, 7) is 10.2. The molecule has 30 heavy (non-hydrogen) atoms. The van der Waals surface area contributed by atoms with Crippen LogP contribution in [-0.4, -0.2) is 16.8 Å². The molecule has 2 aromatic rings. The molecule has 4 nitrogen and oxygen atoms in total. The number of alkyl halides is 3. The van der Waals surface area contributed by atoms with E-state index >= 15 is 0 Å². The quantitative estimate of drug-likeness (QED) is 0.473. The smallest absolute Gasteiger partial charge is 0.406 e. The number of nitrogens with two attached hydrogens (primary N) is 1. The molecule has 7 heteroatoms. The van der Waals surface area contributed by atoms with Crippen molar-refractivity contribution in [2.75, 3.05) is 0 Å². The molecule has 0 saturated carbocycles. The van der Waals surface area contributed by atoms with Gasteiger partial charge in [-0.05, 0) is 50.3 Å². The van der Waals surface area contributed by atoms with Gasteiger partial charge in [0, 0.05) is 23.0 Å². The highest BCUT2D eigenvalue weighted by atomic mass is 19.4. The number of benzene rings is 1. The zero-order valence-electron chi connectivity index (χ0n) is 18.3. The molecule has 1 aromatic carbocycles. The summed E-state index contributed by atoms with van der Waals surface area (Å²) in [5.41, 5.74) is 8.88. The first-order chi connectivity index (χ1) is 14.0. The van der Waals surface area contributed by atoms with Crippen molar-refractivity contribution in [3.05, 3.63) is 41.2 Å². The van der Waals surface area contributed by atoms with Crippen LogP contribution < -0.4 is 10.5 Å². The van der Waals surface area contributed by atoms with E-state index in [2.05, 4.69) is 37.0 Å². The minimum absolute atomic E-state index is 0.100. The van der Waals surface area contributed by atoms with Gasteiger partial charge in [0.25, 0.3) is 5.91 Å². The molecule has 0 fully saturated rings. The molecule has 0 spiro atoms. The number of hydrogen-bond acceptors (Lipinski definition) is 2. The van der Waals surface area contributed by atoms with Crippen molar-refractivity contribution in [3.63, 3.8) is 0 Å². The van der Waals surface area contributed by atoms with Crippen molar-refractivity contribution >= 4 is 5.91 Å². The minimum Gasteiger partial charge on any atom is -0.406 e. The van der Waals surface area contributed by atoms with Gasteiger partial charge in [0.15, 0.2) is 0 Å². The van der Waals surface area contributed by atoms with Crippen LogP contribution in [0.1, 0.15) is 74.7 Å². The molecule has 1 aromatic heterocycles. The van der Waals surface area contributed by atoms with Crippen LogP contribution in [0.15, 0.2) is 24.3 Å². The molecule has 0 aliphatic carbocycles. The van der Waals surface area contributed by atoms with Crippen molar-refractivity contribution in [3.8, 4) is 16.9 Å². The second-order valence-corrected chi connectivity index (χ2v) is 8.03. The van der Waals surface area contributed by atoms with Crippen molar-refractivity contribution in [1.29, 1.82) is 0 Å². The normalized spacial score (nSPS) is 13.0. The van der Waals surface area contributed by atoms with Gasteiger partial charge in [-0.3, -0.25) is 4.79 Å². The maximum absolute atomic E-state index is 12.7. The largest absolute Gasteiger partial charge is 0.573 e. The third-order valence-corrected chi connectivity index (χ3v) is 5.54. The molecule has 1 amide bonds. The summed E-state index contributed by atoms with van der Waals surface area (Å²) in [6, 6.07) is 5.86. The van der Waals surface area contributed by atoms with Crippen LogP contribution >= 0.6 is 0 Å². The topological polar surface area (TPSA) is 57.2 Å². The summed E-state index contributed by atoms with van der Waals surface area (Å²) in [4.78, 5) is 12.4. The Balaban J connectivity index is 2.74. The molecule has 166 valence electrons. The van der Waals surface area contributed by atoms with E-state index in [1.54, 1.807) is 6.07 Å². The molecule has 0 aliphatic heterocycles. The number of carbonyl (C=O) groups excluding carboxylic acids is 1. The van der Waals surface area contributed by atoms with Crippen LogP contribution in [0.5, 0.6) is 5.75 Å². The highest BCUT2D eigenvalue weighted by Gasteiger charge is 2.32. The number of primary amides is 1. The van der Waals surface area contributed by atoms with Crippen molar-refractivity contribution in [2.45, 2.75) is 72.7 Å². The first-order valence-corrected chi connectivity index (χ1v) is 10.4. The molecule has 0 saturated heterocycles. The Morgan fingerprint density at radius 1 is 1.20 bits per heavy atom. The van der Waals surface area contributed by atoms with Gasteiger partial charge in [-0.25, -0.2) is 0 Å². The van der Waals surface area contributed by atoms with Crippen LogP contribution in [0.2, 0.25) is 0 Å². The maximum Gasteiger partial charge on any atom is 0.573 e. The van der Waals surface area contributed by atoms with E-state index in [9.17, 15) is 18.0 Å². The van der Waals surface area contributed by atoms with Gasteiger partial charge in [0.05, 0.1) is 5.56 Å². The molecule has 1 atom stereocenters. The Bertz CT molecular complexity index is 885. The predicted molar refractivity (Wildman–Crippen MR) is 113 cm³/mol. The number of rotatable bonds is 9. The monoisotopic (exact) mass is 424 g/mol. The predicted octanol–water partition coefficient (Wildman–Crippen LogP) is 6.41. The van der Waals surface area contributed by atoms with Gasteiger partial charge in [0.1, 0.15) is 5.75 Å². The third kappa shape index (κ3) is 5.37. The van der Waals surface area contributed by atoms with Gasteiger partial charge in [-0.1, -0.05) is 45.7 Å². The zero-order valence-corrected chi connectivity index (χ0v) is 18.3. The summed E-state index contributed by atoms with van der Waals surface area (Å²) >= 11 is 0. The molecule has 1 unspecified atom stereocenters. The highest BCUT2D eigenvalue weighted by molar-refractivity contribution is 6.02. The van der Waals surface area contributed by atoms with E-state index in [1.165, 1.54) is 18.2 Å². The molecule has 2 N–H and O–H groups in total. The number of hydrogen-bond donors (Lipinski definition) is 1. The summed E-state index contributed by atoms with van der Waals surface area (Å²) in [6.07, 6.45) is -1.12. The first kappa shape index (κ1) is 23.8. The molecule has 1 heterocycles. The second-order valence-electron chi connectivity index (χ2n) is 8.03. The lowest BCUT2D eigenvalue weighted by Crippen LogP contribution is -2.17. The van der Waals surface area contributed by atoms with Crippen LogP contribution in [-0.2, 0) is 6.42 Å². The third-order valence-electron chi connectivity index (χ3n) is 5.54. The fourth-order valence-electron chi connectivity index (χ4n) is 3.87. The van der Waals surface area contributed by atoms with Gasteiger partial charge in [0.2, 0.25) is 0 Å². The number of unbranched alkanes of at least 4 members (excludes halogenated alkanes) is 2. The van der Waals surface area contributed by atoms with Gasteiger partial charge < -0.3 is 15.0 Å². The van der Waals surface area contributed by atoms with Gasteiger partial charge in [-0.2, -0.15) is 0 Å². The fourth-order valence-corrected chi connectivity index (χ4v) is 3.87. The summed E-state index contributed by atoms with van der Waals surface area (Å²) < 4.78 is 44.4. The summed E-state index contributed by atoms with van der Waals surface area (Å²) in [7, 11) is 0. The molecule has 2 rings (SSSR count). The highest BCUT2D eigenvalue weighted by Crippen LogP contribution is 2.39. The Kier molecular flexibility index (Phi) is 7.61. The first-order valence-electron chi connectivity index (χ1n) is 10.4. The average molecular weight is 425 g/mol. The Labute approximate surface area is 176 Å². The molecule has 0 bridgehead atoms. The van der Waals surface area contributed by atoms with E-state index < -0.39 is 12.3 Å². The number of nitrogens with zero attached hydrogens (tertiary/aromatic N) is 1. The van der Waals surface area contributed by atoms with Crippen molar-refractivity contribution in [1.82, 2.24) is 4.57 Å². The van der Waals surface area contributed by atoms with Crippen LogP contribution in [0, 0.1) is 12.8 Å². The van der Waals surface area contributed by atoms with Crippen molar-refractivity contribution < 1.29 is 22.7 Å². The zero-order chi connectivity index (χ0) is 22.6. The average Bonchev–Trinajstić information content (AvgIpc) is 2.92. The van der Waals surface area contributed by atoms with E-state index in [1.807, 2.05) is 6.92 Å². The lowest BCUT2D eigenvalue weighted by atomic mass is 9.97. The molecule has 0 radical (unpaired) electrons. The lowest BCUT2D eigenvalue weighted by Gasteiger charge is -2.24. The Hall–Kier alpha value is -2.44. The second kappa shape index (κ2) is 9.58. The lowest BCUT2D eigenvalue weighted by molar-refractivity contribution is -0.274. The number of ether oxygens (including phenoxy) is 1. The minimum atomic E-state index is -4.79.